The average Bonchev–Trinajstić information content (AvgIpc) is 3.70. The number of phenols is 1. The Morgan fingerprint density at radius 3 is 2.43 bits per heavy atom. The predicted octanol–water partition coefficient (Wildman–Crippen LogP) is 6.11. The van der Waals surface area contributed by atoms with Gasteiger partial charge in [0.2, 0.25) is 5.56 Å². The normalized spacial score (nSPS) is 23.5. The van der Waals surface area contributed by atoms with E-state index in [1.807, 2.05) is 42.5 Å². The van der Waals surface area contributed by atoms with Crippen molar-refractivity contribution in [1.82, 2.24) is 10.3 Å². The summed E-state index contributed by atoms with van der Waals surface area (Å²) < 4.78 is 14.0. The number of phenolic OH excluding ortho intramolecular Hbond substituents is 1. The van der Waals surface area contributed by atoms with Crippen LogP contribution >= 0.6 is 17.0 Å². The summed E-state index contributed by atoms with van der Waals surface area (Å²) in [4.78, 5) is 14.3. The summed E-state index contributed by atoms with van der Waals surface area (Å²) in [5, 5.41) is 36.9. The summed E-state index contributed by atoms with van der Waals surface area (Å²) in [6, 6.07) is 24.5. The number of pyridine rings is 1. The lowest BCUT2D eigenvalue weighted by Gasteiger charge is -2.53. The molecule has 4 heterocycles. The Hall–Kier alpha value is -3.25. The lowest BCUT2D eigenvalue weighted by Crippen LogP contribution is -2.65. The first-order chi connectivity index (χ1) is 24.3. The minimum absolute atomic E-state index is 0. The Kier molecular flexibility index (Phi) is 12.2. The maximum atomic E-state index is 12.0. The van der Waals surface area contributed by atoms with Crippen molar-refractivity contribution in [3.8, 4) is 11.5 Å². The number of benzene rings is 3. The minimum atomic E-state index is -0.915. The van der Waals surface area contributed by atoms with E-state index in [0.717, 1.165) is 53.7 Å². The summed E-state index contributed by atoms with van der Waals surface area (Å²) in [6.45, 7) is 6.46. The van der Waals surface area contributed by atoms with Crippen LogP contribution in [0.4, 0.5) is 0 Å². The summed E-state index contributed by atoms with van der Waals surface area (Å²) >= 11 is 0. The highest BCUT2D eigenvalue weighted by Gasteiger charge is 2.48. The minimum Gasteiger partial charge on any atom is -0.506 e. The molecule has 4 aliphatic rings. The molecule has 274 valence electrons. The van der Waals surface area contributed by atoms with Gasteiger partial charge in [0.15, 0.2) is 0 Å². The lowest BCUT2D eigenvalue weighted by molar-refractivity contribution is -0.946. The van der Waals surface area contributed by atoms with Crippen molar-refractivity contribution in [2.75, 3.05) is 45.9 Å². The van der Waals surface area contributed by atoms with E-state index in [-0.39, 0.29) is 40.3 Å². The number of nitrogens with zero attached hydrogens (tertiary/aromatic N) is 1. The van der Waals surface area contributed by atoms with Crippen LogP contribution in [-0.2, 0) is 16.9 Å². The van der Waals surface area contributed by atoms with Crippen molar-refractivity contribution in [3.05, 3.63) is 106 Å². The molecule has 5 N–H and O–H groups in total. The topological polar surface area (TPSA) is 124 Å². The molecular weight excluding hydrogens is 710 g/mol. The molecular formula is C41H53BrN3O6+. The first-order valence-electron chi connectivity index (χ1n) is 18.5. The fourth-order valence-corrected chi connectivity index (χ4v) is 8.83. The highest BCUT2D eigenvalue weighted by Crippen LogP contribution is 2.43. The number of rotatable bonds is 15. The third kappa shape index (κ3) is 8.53. The Morgan fingerprint density at radius 1 is 0.941 bits per heavy atom. The quantitative estimate of drug-likeness (QED) is 0.0732. The number of hydrogen-bond acceptors (Lipinski definition) is 7. The van der Waals surface area contributed by atoms with E-state index in [9.17, 15) is 20.1 Å². The van der Waals surface area contributed by atoms with E-state index in [1.54, 1.807) is 12.1 Å². The van der Waals surface area contributed by atoms with Crippen molar-refractivity contribution in [1.29, 1.82) is 0 Å². The zero-order valence-corrected chi connectivity index (χ0v) is 31.1. The van der Waals surface area contributed by atoms with Crippen LogP contribution in [0.25, 0.3) is 10.9 Å². The molecule has 0 unspecified atom stereocenters. The molecule has 0 spiro atoms. The average molecular weight is 764 g/mol. The summed E-state index contributed by atoms with van der Waals surface area (Å²) in [6.07, 6.45) is 7.27. The number of halogens is 1. The molecule has 1 saturated carbocycles. The summed E-state index contributed by atoms with van der Waals surface area (Å²) in [5.74, 6) is 1.68. The molecule has 1 aromatic heterocycles. The number of quaternary nitrogens is 1. The fourth-order valence-electron chi connectivity index (χ4n) is 8.83. The van der Waals surface area contributed by atoms with E-state index in [0.29, 0.717) is 48.7 Å². The predicted molar refractivity (Wildman–Crippen MR) is 204 cm³/mol. The van der Waals surface area contributed by atoms with Gasteiger partial charge in [0.25, 0.3) is 0 Å². The fraction of sp³-hybridized carbons (Fsp3) is 0.488. The van der Waals surface area contributed by atoms with Crippen LogP contribution in [0.15, 0.2) is 83.7 Å². The van der Waals surface area contributed by atoms with Gasteiger partial charge >= 0.3 is 0 Å². The molecule has 3 atom stereocenters. The number of ether oxygens (including phenoxy) is 2. The summed E-state index contributed by atoms with van der Waals surface area (Å²) in [5.41, 5.74) is 1.83. The maximum absolute atomic E-state index is 12.0. The Bertz CT molecular complexity index is 1770. The van der Waals surface area contributed by atoms with Gasteiger partial charge in [0, 0.05) is 49.7 Å². The number of aromatic nitrogens is 1. The van der Waals surface area contributed by atoms with Crippen molar-refractivity contribution in [2.24, 2.45) is 11.8 Å². The number of hydrogen-bond donors (Lipinski definition) is 5. The second-order valence-corrected chi connectivity index (χ2v) is 14.9. The second-order valence-electron chi connectivity index (χ2n) is 14.9. The van der Waals surface area contributed by atoms with E-state index >= 15 is 0 Å². The van der Waals surface area contributed by atoms with Crippen molar-refractivity contribution in [2.45, 2.75) is 69.3 Å². The molecule has 9 nitrogen and oxygen atoms in total. The van der Waals surface area contributed by atoms with Crippen molar-refractivity contribution in [3.63, 3.8) is 0 Å². The number of nitrogens with one attached hydrogen (secondary N) is 2. The van der Waals surface area contributed by atoms with Gasteiger partial charge < -0.3 is 39.6 Å². The number of fused-ring (bicyclic) bond motifs is 4. The second kappa shape index (κ2) is 16.6. The molecule has 3 aliphatic heterocycles. The smallest absolute Gasteiger partial charge is 0.248 e. The molecule has 0 radical (unpaired) electrons. The number of H-pyrrole nitrogens is 1. The zero-order chi connectivity index (χ0) is 34.6. The SMILES string of the molecule is Br.O=c1ccc2c([C@@H](O)CNCc3ccc(OCCC[N+]45CCC(CC4)[C@@H](OC[C@@](O)(c4ccccc4)C4CCCC4)C5)cc3)ccc(O)c2[nH]1. The standard InChI is InChI=1S/C41H51N3O6.BrH/c45-36-17-15-34(35-16-18-39(47)43-40(35)36)37(46)26-42-25-29-11-13-33(14-12-29)49-24-6-21-44-22-19-30(20-23-44)38(27-44)50-28-41(48,32-9-4-5-10-32)31-7-2-1-3-8-31;/h1-3,7-8,11-18,30,32,37-38,42,46,48H,4-6,9-10,19-28H2,(H-,43,45,47);1H/p+1/t30?,37-,38-,41+,44?;/m0./s1. The van der Waals surface area contributed by atoms with Gasteiger partial charge in [0.05, 0.1) is 44.5 Å². The molecule has 3 aromatic carbocycles. The van der Waals surface area contributed by atoms with Crippen LogP contribution in [0.1, 0.15) is 67.7 Å². The molecule has 0 amide bonds. The van der Waals surface area contributed by atoms with Gasteiger partial charge in [-0.3, -0.25) is 4.79 Å². The number of aromatic amines is 1. The molecule has 51 heavy (non-hydrogen) atoms. The van der Waals surface area contributed by atoms with Gasteiger partial charge in [-0.15, -0.1) is 17.0 Å². The van der Waals surface area contributed by atoms with Crippen LogP contribution < -0.4 is 15.6 Å². The lowest BCUT2D eigenvalue weighted by atomic mass is 9.80. The highest BCUT2D eigenvalue weighted by molar-refractivity contribution is 8.93. The van der Waals surface area contributed by atoms with Crippen LogP contribution in [0.2, 0.25) is 0 Å². The number of piperidine rings is 3. The van der Waals surface area contributed by atoms with E-state index < -0.39 is 11.7 Å². The number of aliphatic hydroxyl groups excluding tert-OH is 1. The van der Waals surface area contributed by atoms with Crippen LogP contribution in [-0.4, -0.2) is 76.8 Å². The first-order valence-corrected chi connectivity index (χ1v) is 18.5. The molecule has 4 aromatic rings. The van der Waals surface area contributed by atoms with Gasteiger partial charge in [-0.05, 0) is 59.7 Å². The Balaban J connectivity index is 0.00000448. The highest BCUT2D eigenvalue weighted by atomic mass is 79.9. The molecule has 10 heteroatoms. The van der Waals surface area contributed by atoms with Crippen LogP contribution in [0.3, 0.4) is 0 Å². The summed E-state index contributed by atoms with van der Waals surface area (Å²) in [7, 11) is 0. The van der Waals surface area contributed by atoms with E-state index in [2.05, 4.69) is 22.4 Å². The van der Waals surface area contributed by atoms with Crippen molar-refractivity contribution >= 4 is 27.9 Å². The third-order valence-electron chi connectivity index (χ3n) is 11.8. The number of aliphatic hydroxyl groups is 2. The molecule has 1 aliphatic carbocycles. The van der Waals surface area contributed by atoms with Crippen molar-refractivity contribution < 1.29 is 29.3 Å². The largest absolute Gasteiger partial charge is 0.506 e. The van der Waals surface area contributed by atoms with E-state index in [1.165, 1.54) is 50.9 Å². The molecule has 2 bridgehead atoms. The monoisotopic (exact) mass is 762 g/mol. The van der Waals surface area contributed by atoms with Crippen LogP contribution in [0.5, 0.6) is 11.5 Å². The molecule has 3 saturated heterocycles. The first kappa shape index (κ1) is 37.5. The molecule has 4 fully saturated rings. The number of aromatic hydroxyl groups is 1. The molecule has 8 rings (SSSR count). The Labute approximate surface area is 311 Å². The van der Waals surface area contributed by atoms with Gasteiger partial charge in [-0.25, -0.2) is 0 Å². The maximum Gasteiger partial charge on any atom is 0.248 e. The third-order valence-corrected chi connectivity index (χ3v) is 11.8. The van der Waals surface area contributed by atoms with Gasteiger partial charge in [0.1, 0.15) is 29.7 Å². The zero-order valence-electron chi connectivity index (χ0n) is 29.3. The van der Waals surface area contributed by atoms with Gasteiger partial charge in [-0.1, -0.05) is 61.4 Å². The van der Waals surface area contributed by atoms with Crippen LogP contribution in [0, 0.1) is 11.8 Å². The Morgan fingerprint density at radius 2 is 1.69 bits per heavy atom. The van der Waals surface area contributed by atoms with Gasteiger partial charge in [-0.2, -0.15) is 0 Å². The van der Waals surface area contributed by atoms with E-state index in [4.69, 9.17) is 9.47 Å².